The highest BCUT2D eigenvalue weighted by molar-refractivity contribution is 8.01. The zero-order valence-electron chi connectivity index (χ0n) is 11.9. The van der Waals surface area contributed by atoms with Gasteiger partial charge >= 0.3 is 0 Å². The molecule has 0 fully saturated rings. The molecule has 0 bridgehead atoms. The first-order chi connectivity index (χ1) is 11.2. The van der Waals surface area contributed by atoms with Gasteiger partial charge < -0.3 is 14.8 Å². The fourth-order valence-electron chi connectivity index (χ4n) is 1.77. The number of aromatic nitrogens is 2. The minimum absolute atomic E-state index is 0.0182. The van der Waals surface area contributed by atoms with Gasteiger partial charge in [-0.1, -0.05) is 23.1 Å². The van der Waals surface area contributed by atoms with Gasteiger partial charge in [0.1, 0.15) is 11.5 Å². The SMILES string of the molecule is O=C(CSc1nnc(NCc2ccco2)s1)c1ccc(O)cc1. The maximum absolute atomic E-state index is 12.0. The topological polar surface area (TPSA) is 88.3 Å². The lowest BCUT2D eigenvalue weighted by atomic mass is 10.1. The van der Waals surface area contributed by atoms with Crippen LogP contribution < -0.4 is 5.32 Å². The smallest absolute Gasteiger partial charge is 0.206 e. The molecule has 0 spiro atoms. The van der Waals surface area contributed by atoms with Gasteiger partial charge in [-0.25, -0.2) is 0 Å². The lowest BCUT2D eigenvalue weighted by molar-refractivity contribution is 0.102. The third-order valence-corrected chi connectivity index (χ3v) is 4.93. The molecular weight excluding hydrogens is 334 g/mol. The van der Waals surface area contributed by atoms with Crippen LogP contribution >= 0.6 is 23.1 Å². The number of carbonyl (C=O) groups excluding carboxylic acids is 1. The van der Waals surface area contributed by atoms with Gasteiger partial charge in [-0.15, -0.1) is 10.2 Å². The number of thioether (sulfide) groups is 1. The van der Waals surface area contributed by atoms with Gasteiger partial charge in [0.15, 0.2) is 10.1 Å². The molecule has 0 aliphatic heterocycles. The second-order valence-corrected chi connectivity index (χ2v) is 6.76. The molecule has 0 atom stereocenters. The molecular formula is C15H13N3O3S2. The zero-order chi connectivity index (χ0) is 16.1. The molecule has 118 valence electrons. The number of hydrogen-bond acceptors (Lipinski definition) is 8. The Kier molecular flexibility index (Phi) is 4.94. The first-order valence-corrected chi connectivity index (χ1v) is 8.56. The molecule has 1 aromatic carbocycles. The van der Waals surface area contributed by atoms with E-state index in [4.69, 9.17) is 4.42 Å². The number of phenolic OH excluding ortho intramolecular Hbond substituents is 1. The molecule has 23 heavy (non-hydrogen) atoms. The first kappa shape index (κ1) is 15.6. The lowest BCUT2D eigenvalue weighted by Gasteiger charge is -1.99. The second kappa shape index (κ2) is 7.30. The van der Waals surface area contributed by atoms with Crippen molar-refractivity contribution in [3.05, 3.63) is 54.0 Å². The summed E-state index contributed by atoms with van der Waals surface area (Å²) in [6, 6.07) is 9.91. The van der Waals surface area contributed by atoms with Crippen molar-refractivity contribution in [1.29, 1.82) is 0 Å². The maximum Gasteiger partial charge on any atom is 0.206 e. The van der Waals surface area contributed by atoms with E-state index in [-0.39, 0.29) is 17.3 Å². The van der Waals surface area contributed by atoms with Crippen LogP contribution in [0.5, 0.6) is 5.75 Å². The molecule has 2 aromatic heterocycles. The number of nitrogens with one attached hydrogen (secondary N) is 1. The van der Waals surface area contributed by atoms with E-state index < -0.39 is 0 Å². The van der Waals surface area contributed by atoms with Gasteiger partial charge in [0.2, 0.25) is 5.13 Å². The largest absolute Gasteiger partial charge is 0.508 e. The summed E-state index contributed by atoms with van der Waals surface area (Å²) < 4.78 is 5.95. The quantitative estimate of drug-likeness (QED) is 0.500. The number of furan rings is 1. The van der Waals surface area contributed by atoms with Crippen LogP contribution in [0.1, 0.15) is 16.1 Å². The molecule has 3 aromatic rings. The van der Waals surface area contributed by atoms with Crippen LogP contribution in [0.2, 0.25) is 0 Å². The van der Waals surface area contributed by atoms with Crippen LogP contribution in [-0.4, -0.2) is 26.8 Å². The number of Topliss-reactive ketones (excluding diaryl/α,β-unsaturated/α-hetero) is 1. The third-order valence-electron chi connectivity index (χ3n) is 2.92. The zero-order valence-corrected chi connectivity index (χ0v) is 13.6. The van der Waals surface area contributed by atoms with E-state index in [9.17, 15) is 9.90 Å². The average molecular weight is 347 g/mol. The molecule has 2 heterocycles. The number of benzene rings is 1. The summed E-state index contributed by atoms with van der Waals surface area (Å²) in [5, 5.41) is 21.1. The number of aromatic hydroxyl groups is 1. The van der Waals surface area contributed by atoms with Gasteiger partial charge in [0.25, 0.3) is 0 Å². The predicted molar refractivity (Wildman–Crippen MR) is 89.1 cm³/mol. The normalized spacial score (nSPS) is 10.6. The van der Waals surface area contributed by atoms with Crippen molar-refractivity contribution in [1.82, 2.24) is 10.2 Å². The predicted octanol–water partition coefficient (Wildman–Crippen LogP) is 3.42. The molecule has 0 saturated carbocycles. The summed E-state index contributed by atoms with van der Waals surface area (Å²) in [6.07, 6.45) is 1.62. The number of phenols is 1. The minimum Gasteiger partial charge on any atom is -0.508 e. The third kappa shape index (κ3) is 4.33. The number of nitrogens with zero attached hydrogens (tertiary/aromatic N) is 2. The molecule has 0 aliphatic carbocycles. The lowest BCUT2D eigenvalue weighted by Crippen LogP contribution is -2.01. The Morgan fingerprint density at radius 2 is 2.09 bits per heavy atom. The van der Waals surface area contributed by atoms with Gasteiger partial charge in [-0.2, -0.15) is 0 Å². The number of rotatable bonds is 7. The van der Waals surface area contributed by atoms with Crippen LogP contribution in [0.25, 0.3) is 0 Å². The monoisotopic (exact) mass is 347 g/mol. The van der Waals surface area contributed by atoms with Crippen LogP contribution in [0.3, 0.4) is 0 Å². The Hall–Kier alpha value is -2.32. The fourth-order valence-corrected chi connectivity index (χ4v) is 3.42. The molecule has 6 nitrogen and oxygen atoms in total. The highest BCUT2D eigenvalue weighted by atomic mass is 32.2. The van der Waals surface area contributed by atoms with E-state index in [1.165, 1.54) is 35.2 Å². The van der Waals surface area contributed by atoms with Crippen molar-refractivity contribution in [2.75, 3.05) is 11.1 Å². The Labute approximate surface area is 140 Å². The number of anilines is 1. The van der Waals surface area contributed by atoms with Crippen molar-refractivity contribution in [2.45, 2.75) is 10.9 Å². The van der Waals surface area contributed by atoms with Crippen molar-refractivity contribution < 1.29 is 14.3 Å². The van der Waals surface area contributed by atoms with E-state index in [1.54, 1.807) is 18.4 Å². The van der Waals surface area contributed by atoms with Gasteiger partial charge in [-0.3, -0.25) is 4.79 Å². The van der Waals surface area contributed by atoms with Gasteiger partial charge in [0, 0.05) is 5.56 Å². The summed E-state index contributed by atoms with van der Waals surface area (Å²) in [5.74, 6) is 1.22. The van der Waals surface area contributed by atoms with E-state index >= 15 is 0 Å². The number of ketones is 1. The van der Waals surface area contributed by atoms with E-state index in [2.05, 4.69) is 15.5 Å². The molecule has 0 saturated heterocycles. The molecule has 0 unspecified atom stereocenters. The van der Waals surface area contributed by atoms with Crippen molar-refractivity contribution in [3.63, 3.8) is 0 Å². The summed E-state index contributed by atoms with van der Waals surface area (Å²) in [4.78, 5) is 12.0. The second-order valence-electron chi connectivity index (χ2n) is 4.56. The summed E-state index contributed by atoms with van der Waals surface area (Å²) >= 11 is 2.73. The van der Waals surface area contributed by atoms with E-state index in [0.29, 0.717) is 17.2 Å². The van der Waals surface area contributed by atoms with Gasteiger partial charge in [0.05, 0.1) is 18.6 Å². The summed E-state index contributed by atoms with van der Waals surface area (Å²) in [7, 11) is 0. The van der Waals surface area contributed by atoms with E-state index in [0.717, 1.165) is 10.1 Å². The average Bonchev–Trinajstić information content (AvgIpc) is 3.23. The van der Waals surface area contributed by atoms with Crippen LogP contribution in [-0.2, 0) is 6.54 Å². The Bertz CT molecular complexity index is 770. The molecule has 3 rings (SSSR count). The van der Waals surface area contributed by atoms with Crippen molar-refractivity contribution >= 4 is 34.0 Å². The molecule has 0 amide bonds. The Balaban J connectivity index is 1.50. The number of hydrogen-bond donors (Lipinski definition) is 2. The standard InChI is InChI=1S/C15H13N3O3S2/c19-11-5-3-10(4-6-11)13(20)9-22-15-18-17-14(23-15)16-8-12-2-1-7-21-12/h1-7,19H,8-9H2,(H,16,17). The van der Waals surface area contributed by atoms with Gasteiger partial charge in [-0.05, 0) is 36.4 Å². The highest BCUT2D eigenvalue weighted by Gasteiger charge is 2.10. The van der Waals surface area contributed by atoms with Crippen LogP contribution in [0, 0.1) is 0 Å². The molecule has 0 radical (unpaired) electrons. The Morgan fingerprint density at radius 3 is 2.83 bits per heavy atom. The van der Waals surface area contributed by atoms with Crippen LogP contribution in [0.15, 0.2) is 51.4 Å². The Morgan fingerprint density at radius 1 is 1.26 bits per heavy atom. The molecule has 0 aliphatic rings. The fraction of sp³-hybridized carbons (Fsp3) is 0.133. The molecule has 8 heteroatoms. The van der Waals surface area contributed by atoms with Crippen molar-refractivity contribution in [2.24, 2.45) is 0 Å². The van der Waals surface area contributed by atoms with Crippen molar-refractivity contribution in [3.8, 4) is 5.75 Å². The minimum atomic E-state index is -0.0182. The number of carbonyl (C=O) groups is 1. The first-order valence-electron chi connectivity index (χ1n) is 6.75. The van der Waals surface area contributed by atoms with Crippen LogP contribution in [0.4, 0.5) is 5.13 Å². The highest BCUT2D eigenvalue weighted by Crippen LogP contribution is 2.26. The molecule has 2 N–H and O–H groups in total. The summed E-state index contributed by atoms with van der Waals surface area (Å²) in [5.41, 5.74) is 0.566. The van der Waals surface area contributed by atoms with E-state index in [1.807, 2.05) is 12.1 Å². The maximum atomic E-state index is 12.0. The summed E-state index contributed by atoms with van der Waals surface area (Å²) in [6.45, 7) is 0.540.